The summed E-state index contributed by atoms with van der Waals surface area (Å²) in [4.78, 5) is 3.15. The monoisotopic (exact) mass is 344 g/mol. The number of aryl methyl sites for hydroxylation is 1. The maximum Gasteiger partial charge on any atom is 0.240 e. The van der Waals surface area contributed by atoms with Gasteiger partial charge in [-0.25, -0.2) is 4.21 Å². The molecular formula is C19H24N2O2S. The van der Waals surface area contributed by atoms with Crippen LogP contribution in [0, 0.1) is 6.92 Å². The number of rotatable bonds is 5. The zero-order valence-electron chi connectivity index (χ0n) is 14.2. The Balaban J connectivity index is 1.63. The third kappa shape index (κ3) is 4.23. The predicted octanol–water partition coefficient (Wildman–Crippen LogP) is 3.06. The highest BCUT2D eigenvalue weighted by Crippen LogP contribution is 2.24. The molecule has 24 heavy (non-hydrogen) atoms. The molecule has 1 saturated heterocycles. The lowest BCUT2D eigenvalue weighted by molar-refractivity contribution is 0.185. The maximum absolute atomic E-state index is 12.3. The van der Waals surface area contributed by atoms with Crippen LogP contribution < -0.4 is 9.50 Å². The summed E-state index contributed by atoms with van der Waals surface area (Å²) < 4.78 is 17.8. The van der Waals surface area contributed by atoms with Gasteiger partial charge < -0.3 is 9.50 Å². The highest BCUT2D eigenvalue weighted by molar-refractivity contribution is 7.80. The average molecular weight is 344 g/mol. The zero-order valence-corrected chi connectivity index (χ0v) is 15.0. The summed E-state index contributed by atoms with van der Waals surface area (Å²) in [6.45, 7) is 8.45. The first-order valence-corrected chi connectivity index (χ1v) is 9.42. The van der Waals surface area contributed by atoms with Gasteiger partial charge in [-0.2, -0.15) is 0 Å². The van der Waals surface area contributed by atoms with Crippen LogP contribution >= 0.6 is 0 Å². The van der Waals surface area contributed by atoms with Crippen molar-refractivity contribution in [1.82, 2.24) is 10.2 Å². The summed E-state index contributed by atoms with van der Waals surface area (Å²) >= 11 is -1.48. The van der Waals surface area contributed by atoms with E-state index in [9.17, 15) is 4.21 Å². The molecular weight excluding hydrogens is 320 g/mol. The molecule has 0 spiro atoms. The molecule has 1 N–H and O–H groups in total. The molecule has 1 aliphatic heterocycles. The third-order valence-corrected chi connectivity index (χ3v) is 5.45. The van der Waals surface area contributed by atoms with Gasteiger partial charge in [0.15, 0.2) is 0 Å². The minimum atomic E-state index is -1.48. The highest BCUT2D eigenvalue weighted by atomic mass is 32.2. The minimum absolute atomic E-state index is 0.378. The molecule has 0 aromatic heterocycles. The summed E-state index contributed by atoms with van der Waals surface area (Å²) in [5.41, 5.74) is 2.40. The van der Waals surface area contributed by atoms with Crippen LogP contribution in [0.2, 0.25) is 0 Å². The van der Waals surface area contributed by atoms with Gasteiger partial charge in [0.25, 0.3) is 0 Å². The van der Waals surface area contributed by atoms with Crippen LogP contribution in [0.1, 0.15) is 24.1 Å². The SMILES string of the molecule is Cc1ccc(S(=O)Oc2ccc(C(C)N3CCNCC3)cc2)cc1. The van der Waals surface area contributed by atoms with Crippen molar-refractivity contribution in [2.45, 2.75) is 24.8 Å². The average Bonchev–Trinajstić information content (AvgIpc) is 2.63. The molecule has 0 radical (unpaired) electrons. The fraction of sp³-hybridized carbons (Fsp3) is 0.368. The van der Waals surface area contributed by atoms with Gasteiger partial charge in [-0.3, -0.25) is 4.90 Å². The molecule has 3 rings (SSSR count). The molecule has 2 aromatic carbocycles. The molecule has 1 heterocycles. The van der Waals surface area contributed by atoms with Crippen molar-refractivity contribution in [2.75, 3.05) is 26.2 Å². The van der Waals surface area contributed by atoms with Gasteiger partial charge in [0.2, 0.25) is 11.1 Å². The topological polar surface area (TPSA) is 41.6 Å². The molecule has 0 aliphatic carbocycles. The van der Waals surface area contributed by atoms with E-state index in [4.69, 9.17) is 4.18 Å². The van der Waals surface area contributed by atoms with Crippen molar-refractivity contribution in [3.8, 4) is 5.75 Å². The van der Waals surface area contributed by atoms with Crippen LogP contribution in [-0.2, 0) is 11.1 Å². The second-order valence-electron chi connectivity index (χ2n) is 6.16. The van der Waals surface area contributed by atoms with Crippen LogP contribution in [0.15, 0.2) is 53.4 Å². The summed E-state index contributed by atoms with van der Waals surface area (Å²) in [7, 11) is 0. The van der Waals surface area contributed by atoms with E-state index in [0.29, 0.717) is 16.7 Å². The summed E-state index contributed by atoms with van der Waals surface area (Å²) in [6, 6.07) is 15.9. The minimum Gasteiger partial charge on any atom is -0.397 e. The van der Waals surface area contributed by atoms with Crippen molar-refractivity contribution in [1.29, 1.82) is 0 Å². The molecule has 1 aliphatic rings. The number of nitrogens with one attached hydrogen (secondary N) is 1. The Morgan fingerprint density at radius 3 is 2.29 bits per heavy atom. The molecule has 0 saturated carbocycles. The van der Waals surface area contributed by atoms with Crippen molar-refractivity contribution in [3.05, 3.63) is 59.7 Å². The number of hydrogen-bond donors (Lipinski definition) is 1. The first kappa shape index (κ1) is 17.1. The Kier molecular flexibility index (Phi) is 5.66. The normalized spacial score (nSPS) is 18.1. The first-order chi connectivity index (χ1) is 11.6. The Labute approximate surface area is 146 Å². The van der Waals surface area contributed by atoms with E-state index in [2.05, 4.69) is 29.3 Å². The van der Waals surface area contributed by atoms with E-state index >= 15 is 0 Å². The highest BCUT2D eigenvalue weighted by Gasteiger charge is 2.18. The van der Waals surface area contributed by atoms with Crippen LogP contribution in [0.25, 0.3) is 0 Å². The van der Waals surface area contributed by atoms with Crippen molar-refractivity contribution in [2.24, 2.45) is 0 Å². The molecule has 2 aromatic rings. The van der Waals surface area contributed by atoms with Gasteiger partial charge in [-0.1, -0.05) is 29.8 Å². The fourth-order valence-electron chi connectivity index (χ4n) is 2.87. The lowest BCUT2D eigenvalue weighted by Crippen LogP contribution is -2.44. The summed E-state index contributed by atoms with van der Waals surface area (Å²) in [5.74, 6) is 0.630. The molecule has 4 nitrogen and oxygen atoms in total. The van der Waals surface area contributed by atoms with Gasteiger partial charge in [-0.15, -0.1) is 0 Å². The Morgan fingerprint density at radius 1 is 1.04 bits per heavy atom. The molecule has 0 bridgehead atoms. The number of piperazine rings is 1. The van der Waals surface area contributed by atoms with Crippen LogP contribution in [0.4, 0.5) is 0 Å². The van der Waals surface area contributed by atoms with E-state index in [1.807, 2.05) is 43.3 Å². The van der Waals surface area contributed by atoms with Crippen molar-refractivity contribution < 1.29 is 8.39 Å². The quantitative estimate of drug-likeness (QED) is 0.905. The van der Waals surface area contributed by atoms with Crippen LogP contribution in [-0.4, -0.2) is 35.3 Å². The standard InChI is InChI=1S/C19H24N2O2S/c1-15-3-9-19(10-4-15)24(22)23-18-7-5-17(6-8-18)16(2)21-13-11-20-12-14-21/h3-10,16,20H,11-14H2,1-2H3. The smallest absolute Gasteiger partial charge is 0.240 e. The van der Waals surface area contributed by atoms with Gasteiger partial charge in [0, 0.05) is 32.2 Å². The number of benzene rings is 2. The number of hydrogen-bond acceptors (Lipinski definition) is 4. The molecule has 1 fully saturated rings. The second kappa shape index (κ2) is 7.92. The third-order valence-electron chi connectivity index (χ3n) is 4.45. The van der Waals surface area contributed by atoms with E-state index in [1.54, 1.807) is 0 Å². The van der Waals surface area contributed by atoms with Gasteiger partial charge >= 0.3 is 0 Å². The molecule has 2 atom stereocenters. The van der Waals surface area contributed by atoms with E-state index in [1.165, 1.54) is 5.56 Å². The van der Waals surface area contributed by atoms with E-state index in [0.717, 1.165) is 31.7 Å². The fourth-order valence-corrected chi connectivity index (χ4v) is 3.61. The number of nitrogens with zero attached hydrogens (tertiary/aromatic N) is 1. The van der Waals surface area contributed by atoms with Crippen molar-refractivity contribution in [3.63, 3.8) is 0 Å². The second-order valence-corrected chi connectivity index (χ2v) is 7.27. The van der Waals surface area contributed by atoms with Crippen molar-refractivity contribution >= 4 is 11.1 Å². The lowest BCUT2D eigenvalue weighted by atomic mass is 10.1. The Hall–Kier alpha value is -1.69. The lowest BCUT2D eigenvalue weighted by Gasteiger charge is -2.33. The Bertz CT molecular complexity index is 680. The summed E-state index contributed by atoms with van der Waals surface area (Å²) in [6.07, 6.45) is 0. The predicted molar refractivity (Wildman–Crippen MR) is 97.5 cm³/mol. The van der Waals surface area contributed by atoms with E-state index < -0.39 is 11.1 Å². The van der Waals surface area contributed by atoms with Gasteiger partial charge in [0.1, 0.15) is 5.75 Å². The van der Waals surface area contributed by atoms with E-state index in [-0.39, 0.29) is 0 Å². The van der Waals surface area contributed by atoms with Crippen LogP contribution in [0.3, 0.4) is 0 Å². The Morgan fingerprint density at radius 2 is 1.67 bits per heavy atom. The molecule has 5 heteroatoms. The van der Waals surface area contributed by atoms with Gasteiger partial charge in [0.05, 0.1) is 4.90 Å². The van der Waals surface area contributed by atoms with Crippen LogP contribution in [0.5, 0.6) is 5.75 Å². The molecule has 128 valence electrons. The van der Waals surface area contributed by atoms with Gasteiger partial charge in [-0.05, 0) is 43.7 Å². The first-order valence-electron chi connectivity index (χ1n) is 8.35. The largest absolute Gasteiger partial charge is 0.397 e. The maximum atomic E-state index is 12.3. The molecule has 2 unspecified atom stereocenters. The summed E-state index contributed by atoms with van der Waals surface area (Å²) in [5, 5.41) is 3.38. The zero-order chi connectivity index (χ0) is 16.9. The molecule has 0 amide bonds.